The van der Waals surface area contributed by atoms with Crippen molar-refractivity contribution in [3.8, 4) is 0 Å². The molecule has 0 saturated heterocycles. The molecule has 0 aliphatic heterocycles. The van der Waals surface area contributed by atoms with Crippen LogP contribution in [-0.2, 0) is 0 Å². The largest absolute Gasteiger partial charge is 0.393 e. The first-order valence-electron chi connectivity index (χ1n) is 3.60. The summed E-state index contributed by atoms with van der Waals surface area (Å²) in [6.45, 7) is 3.93. The molecule has 0 spiro atoms. The van der Waals surface area contributed by atoms with E-state index in [1.165, 1.54) is 0 Å². The Balaban J connectivity index is 2.99. The summed E-state index contributed by atoms with van der Waals surface area (Å²) in [6, 6.07) is 0. The van der Waals surface area contributed by atoms with E-state index in [4.69, 9.17) is 5.11 Å². The maximum atomic E-state index is 8.82. The minimum absolute atomic E-state index is 0.147. The predicted octanol–water partition coefficient (Wildman–Crippen LogP) is 2.11. The Morgan fingerprint density at radius 2 is 2.11 bits per heavy atom. The number of allylic oxidation sites excluding steroid dienone is 2. The zero-order valence-electron chi connectivity index (χ0n) is 6.30. The third-order valence-corrected chi connectivity index (χ3v) is 1.15. The lowest BCUT2D eigenvalue weighted by atomic mass is 10.2. The van der Waals surface area contributed by atoms with Crippen LogP contribution in [0.2, 0.25) is 0 Å². The van der Waals surface area contributed by atoms with Crippen LogP contribution in [0.15, 0.2) is 12.2 Å². The molecule has 0 aromatic heterocycles. The van der Waals surface area contributed by atoms with Crippen LogP contribution in [0.5, 0.6) is 0 Å². The fourth-order valence-electron chi connectivity index (χ4n) is 0.622. The number of aliphatic hydroxyl groups is 1. The van der Waals surface area contributed by atoms with E-state index in [1.807, 2.05) is 6.92 Å². The summed E-state index contributed by atoms with van der Waals surface area (Å²) in [4.78, 5) is 0. The van der Waals surface area contributed by atoms with E-state index in [1.54, 1.807) is 0 Å². The lowest BCUT2D eigenvalue weighted by Gasteiger charge is -1.97. The van der Waals surface area contributed by atoms with Crippen molar-refractivity contribution in [2.45, 2.75) is 39.2 Å². The van der Waals surface area contributed by atoms with Crippen molar-refractivity contribution >= 4 is 0 Å². The highest BCUT2D eigenvalue weighted by molar-refractivity contribution is 4.80. The third kappa shape index (κ3) is 7.70. The Labute approximate surface area is 57.4 Å². The smallest absolute Gasteiger partial charge is 0.0515 e. The number of hydrogen-bond donors (Lipinski definition) is 1. The summed E-state index contributed by atoms with van der Waals surface area (Å²) in [7, 11) is 0. The van der Waals surface area contributed by atoms with Crippen LogP contribution in [0, 0.1) is 0 Å². The van der Waals surface area contributed by atoms with E-state index >= 15 is 0 Å². The highest BCUT2D eigenvalue weighted by Gasteiger charge is 1.89. The molecule has 0 unspecified atom stereocenters. The summed E-state index contributed by atoms with van der Waals surface area (Å²) in [5.74, 6) is 0. The van der Waals surface area contributed by atoms with Crippen molar-refractivity contribution < 1.29 is 5.11 Å². The van der Waals surface area contributed by atoms with E-state index in [0.717, 1.165) is 19.3 Å². The van der Waals surface area contributed by atoms with Gasteiger partial charge in [0.1, 0.15) is 0 Å². The average Bonchev–Trinajstić information content (AvgIpc) is 1.80. The van der Waals surface area contributed by atoms with Crippen molar-refractivity contribution in [3.05, 3.63) is 12.2 Å². The fourth-order valence-corrected chi connectivity index (χ4v) is 0.622. The van der Waals surface area contributed by atoms with Crippen LogP contribution in [0.25, 0.3) is 0 Å². The zero-order chi connectivity index (χ0) is 7.11. The normalized spacial score (nSPS) is 14.6. The quantitative estimate of drug-likeness (QED) is 0.575. The molecule has 1 N–H and O–H groups in total. The van der Waals surface area contributed by atoms with E-state index in [0.29, 0.717) is 0 Å². The molecule has 0 heterocycles. The molecule has 1 heteroatoms. The second-order valence-electron chi connectivity index (χ2n) is 2.31. The van der Waals surface area contributed by atoms with Crippen molar-refractivity contribution in [1.82, 2.24) is 0 Å². The van der Waals surface area contributed by atoms with Gasteiger partial charge in [0.25, 0.3) is 0 Å². The van der Waals surface area contributed by atoms with Gasteiger partial charge in [-0.3, -0.25) is 0 Å². The first-order chi connectivity index (χ1) is 4.27. The SMILES string of the molecule is CC/C=C\CC[C@H](C)O. The Bertz CT molecular complexity index is 74.6. The van der Waals surface area contributed by atoms with Crippen molar-refractivity contribution in [2.75, 3.05) is 0 Å². The van der Waals surface area contributed by atoms with Gasteiger partial charge in [-0.2, -0.15) is 0 Å². The van der Waals surface area contributed by atoms with Crippen LogP contribution >= 0.6 is 0 Å². The third-order valence-electron chi connectivity index (χ3n) is 1.15. The standard InChI is InChI=1S/C8H16O/c1-3-4-5-6-7-8(2)9/h4-5,8-9H,3,6-7H2,1-2H3/b5-4-/t8-/m0/s1. The van der Waals surface area contributed by atoms with Gasteiger partial charge >= 0.3 is 0 Å². The van der Waals surface area contributed by atoms with Gasteiger partial charge in [-0.25, -0.2) is 0 Å². The molecule has 0 fully saturated rings. The highest BCUT2D eigenvalue weighted by atomic mass is 16.3. The maximum Gasteiger partial charge on any atom is 0.0515 e. The number of hydrogen-bond acceptors (Lipinski definition) is 1. The molecule has 1 nitrogen and oxygen atoms in total. The van der Waals surface area contributed by atoms with E-state index in [2.05, 4.69) is 19.1 Å². The van der Waals surface area contributed by atoms with Gasteiger partial charge < -0.3 is 5.11 Å². The minimum atomic E-state index is -0.147. The Kier molecular flexibility index (Phi) is 5.64. The monoisotopic (exact) mass is 128 g/mol. The zero-order valence-corrected chi connectivity index (χ0v) is 6.30. The van der Waals surface area contributed by atoms with Crippen LogP contribution in [0.1, 0.15) is 33.1 Å². The second kappa shape index (κ2) is 5.83. The summed E-state index contributed by atoms with van der Waals surface area (Å²) < 4.78 is 0. The summed E-state index contributed by atoms with van der Waals surface area (Å²) in [5, 5.41) is 8.82. The summed E-state index contributed by atoms with van der Waals surface area (Å²) in [5.41, 5.74) is 0. The van der Waals surface area contributed by atoms with Crippen molar-refractivity contribution in [3.63, 3.8) is 0 Å². The van der Waals surface area contributed by atoms with Crippen LogP contribution in [0.4, 0.5) is 0 Å². The summed E-state index contributed by atoms with van der Waals surface area (Å²) >= 11 is 0. The average molecular weight is 128 g/mol. The molecule has 0 aliphatic rings. The van der Waals surface area contributed by atoms with E-state index in [9.17, 15) is 0 Å². The molecular formula is C8H16O. The molecule has 54 valence electrons. The number of rotatable bonds is 4. The van der Waals surface area contributed by atoms with Gasteiger partial charge in [-0.05, 0) is 26.2 Å². The molecule has 0 amide bonds. The second-order valence-corrected chi connectivity index (χ2v) is 2.31. The van der Waals surface area contributed by atoms with E-state index < -0.39 is 0 Å². The van der Waals surface area contributed by atoms with Crippen molar-refractivity contribution in [1.29, 1.82) is 0 Å². The topological polar surface area (TPSA) is 20.2 Å². The van der Waals surface area contributed by atoms with Gasteiger partial charge in [0.2, 0.25) is 0 Å². The van der Waals surface area contributed by atoms with Crippen molar-refractivity contribution in [2.24, 2.45) is 0 Å². The maximum absolute atomic E-state index is 8.82. The molecule has 0 saturated carbocycles. The number of aliphatic hydroxyl groups excluding tert-OH is 1. The van der Waals surface area contributed by atoms with Gasteiger partial charge in [-0.15, -0.1) is 0 Å². The fraction of sp³-hybridized carbons (Fsp3) is 0.750. The minimum Gasteiger partial charge on any atom is -0.393 e. The van der Waals surface area contributed by atoms with E-state index in [-0.39, 0.29) is 6.10 Å². The molecule has 0 aromatic carbocycles. The predicted molar refractivity (Wildman–Crippen MR) is 40.3 cm³/mol. The summed E-state index contributed by atoms with van der Waals surface area (Å²) in [6.07, 6.45) is 7.09. The molecule has 0 aliphatic carbocycles. The molecule has 0 bridgehead atoms. The molecule has 1 atom stereocenters. The first-order valence-corrected chi connectivity index (χ1v) is 3.60. The van der Waals surface area contributed by atoms with Crippen LogP contribution in [-0.4, -0.2) is 11.2 Å². The van der Waals surface area contributed by atoms with Crippen LogP contribution < -0.4 is 0 Å². The molecule has 0 radical (unpaired) electrons. The lowest BCUT2D eigenvalue weighted by molar-refractivity contribution is 0.186. The Hall–Kier alpha value is -0.300. The Morgan fingerprint density at radius 1 is 1.44 bits per heavy atom. The highest BCUT2D eigenvalue weighted by Crippen LogP contribution is 1.96. The van der Waals surface area contributed by atoms with Gasteiger partial charge in [0, 0.05) is 0 Å². The molecule has 0 rings (SSSR count). The van der Waals surface area contributed by atoms with Crippen LogP contribution in [0.3, 0.4) is 0 Å². The Morgan fingerprint density at radius 3 is 2.56 bits per heavy atom. The molecular weight excluding hydrogens is 112 g/mol. The lowest BCUT2D eigenvalue weighted by Crippen LogP contribution is -1.96. The van der Waals surface area contributed by atoms with Gasteiger partial charge in [0.05, 0.1) is 6.10 Å². The first kappa shape index (κ1) is 8.70. The molecule has 0 aromatic rings. The van der Waals surface area contributed by atoms with Gasteiger partial charge in [0.15, 0.2) is 0 Å². The molecule has 9 heavy (non-hydrogen) atoms. The van der Waals surface area contributed by atoms with Gasteiger partial charge in [-0.1, -0.05) is 19.1 Å².